The Balaban J connectivity index is 2.67. The van der Waals surface area contributed by atoms with E-state index < -0.39 is 31.9 Å². The van der Waals surface area contributed by atoms with Gasteiger partial charge in [0.05, 0.1) is 0 Å². The van der Waals surface area contributed by atoms with Crippen molar-refractivity contribution in [2.24, 2.45) is 0 Å². The fraction of sp³-hybridized carbons (Fsp3) is 0.556. The van der Waals surface area contributed by atoms with Crippen molar-refractivity contribution < 1.29 is 21.6 Å². The molecular weight excluding hydrogens is 307 g/mol. The van der Waals surface area contributed by atoms with Crippen LogP contribution in [-0.2, 0) is 16.0 Å². The summed E-state index contributed by atoms with van der Waals surface area (Å²) < 4.78 is 61.1. The van der Waals surface area contributed by atoms with Crippen molar-refractivity contribution >= 4 is 27.3 Å². The third-order valence-corrected chi connectivity index (χ3v) is 3.76. The molecule has 0 aromatic carbocycles. The Morgan fingerprint density at radius 2 is 1.84 bits per heavy atom. The molecule has 106 valence electrons. The van der Waals surface area contributed by atoms with Crippen molar-refractivity contribution in [1.82, 2.24) is 9.97 Å². The van der Waals surface area contributed by atoms with Crippen molar-refractivity contribution in [2.75, 3.05) is 24.2 Å². The fourth-order valence-electron chi connectivity index (χ4n) is 1.51. The highest BCUT2D eigenvalue weighted by Gasteiger charge is 2.39. The lowest BCUT2D eigenvalue weighted by atomic mass is 10.2. The Hall–Kier alpha value is -1.09. The fourth-order valence-corrected chi connectivity index (χ4v) is 2.33. The maximum Gasteiger partial charge on any atom is 0.435 e. The first-order valence-corrected chi connectivity index (χ1v) is 7.47. The van der Waals surface area contributed by atoms with Gasteiger partial charge in [-0.2, -0.15) is 18.2 Å². The average molecular weight is 316 g/mol. The minimum Gasteiger partial charge on any atom is -0.355 e. The largest absolute Gasteiger partial charge is 0.435 e. The molecule has 1 aromatic rings. The zero-order chi connectivity index (χ0) is 14.4. The van der Waals surface area contributed by atoms with Gasteiger partial charge in [0, 0.05) is 19.3 Å². The number of alkyl halides is 3. The molecule has 5 nitrogen and oxygen atoms in total. The van der Waals surface area contributed by atoms with E-state index in [-0.39, 0.29) is 5.82 Å². The molecule has 2 heterocycles. The van der Waals surface area contributed by atoms with Gasteiger partial charge in [0.15, 0.2) is 11.5 Å². The summed E-state index contributed by atoms with van der Waals surface area (Å²) in [5.74, 6) is -0.185. The Kier molecular flexibility index (Phi) is 3.38. The molecule has 1 saturated heterocycles. The molecule has 0 amide bonds. The molecule has 1 aliphatic heterocycles. The van der Waals surface area contributed by atoms with Crippen LogP contribution in [0.15, 0.2) is 5.16 Å². The zero-order valence-electron chi connectivity index (χ0n) is 9.70. The standard InChI is InChI=1S/C9H9ClF3N3O2S/c1-19(17,18)8-14-6(9(11,12)13)5(10)7(15-8)16-3-2-4-16/h2-4H2,1H3. The van der Waals surface area contributed by atoms with Crippen molar-refractivity contribution in [1.29, 1.82) is 0 Å². The number of anilines is 1. The second kappa shape index (κ2) is 4.48. The normalized spacial score (nSPS) is 16.4. The summed E-state index contributed by atoms with van der Waals surface area (Å²) in [5, 5.41) is -1.54. The number of rotatable bonds is 2. The van der Waals surface area contributed by atoms with E-state index in [2.05, 4.69) is 9.97 Å². The molecule has 0 N–H and O–H groups in total. The summed E-state index contributed by atoms with van der Waals surface area (Å²) in [6.07, 6.45) is -3.30. The molecule has 1 fully saturated rings. The molecule has 0 unspecified atom stereocenters. The number of aromatic nitrogens is 2. The molecule has 10 heteroatoms. The van der Waals surface area contributed by atoms with E-state index in [1.165, 1.54) is 4.90 Å². The van der Waals surface area contributed by atoms with Crippen LogP contribution in [0.2, 0.25) is 5.02 Å². The highest BCUT2D eigenvalue weighted by molar-refractivity contribution is 7.90. The first-order chi connectivity index (χ1) is 8.60. The predicted octanol–water partition coefficient (Wildman–Crippen LogP) is 1.76. The lowest BCUT2D eigenvalue weighted by Crippen LogP contribution is -2.38. The third kappa shape index (κ3) is 2.76. The van der Waals surface area contributed by atoms with Crippen LogP contribution in [-0.4, -0.2) is 37.7 Å². The molecule has 0 bridgehead atoms. The van der Waals surface area contributed by atoms with Crippen molar-refractivity contribution in [3.63, 3.8) is 0 Å². The van der Waals surface area contributed by atoms with Crippen LogP contribution in [0.3, 0.4) is 0 Å². The molecule has 0 aliphatic carbocycles. The van der Waals surface area contributed by atoms with Crippen LogP contribution in [0, 0.1) is 0 Å². The Morgan fingerprint density at radius 3 is 2.21 bits per heavy atom. The highest BCUT2D eigenvalue weighted by atomic mass is 35.5. The minimum absolute atomic E-state index is 0.185. The molecule has 2 rings (SSSR count). The van der Waals surface area contributed by atoms with Gasteiger partial charge in [-0.3, -0.25) is 0 Å². The van der Waals surface area contributed by atoms with E-state index in [0.29, 0.717) is 13.1 Å². The maximum absolute atomic E-state index is 12.8. The van der Waals surface area contributed by atoms with E-state index in [9.17, 15) is 21.6 Å². The number of nitrogens with zero attached hydrogens (tertiary/aromatic N) is 3. The van der Waals surface area contributed by atoms with E-state index in [0.717, 1.165) is 12.7 Å². The van der Waals surface area contributed by atoms with E-state index >= 15 is 0 Å². The van der Waals surface area contributed by atoms with Crippen LogP contribution < -0.4 is 4.90 Å². The van der Waals surface area contributed by atoms with Crippen molar-refractivity contribution in [2.45, 2.75) is 17.8 Å². The van der Waals surface area contributed by atoms with Gasteiger partial charge in [-0.25, -0.2) is 13.4 Å². The van der Waals surface area contributed by atoms with Crippen LogP contribution in [0.4, 0.5) is 19.0 Å². The van der Waals surface area contributed by atoms with Gasteiger partial charge < -0.3 is 4.90 Å². The van der Waals surface area contributed by atoms with E-state index in [1.54, 1.807) is 0 Å². The van der Waals surface area contributed by atoms with Crippen LogP contribution >= 0.6 is 11.6 Å². The Morgan fingerprint density at radius 1 is 1.26 bits per heavy atom. The molecule has 1 aromatic heterocycles. The first kappa shape index (κ1) is 14.3. The SMILES string of the molecule is CS(=O)(=O)c1nc(N2CCC2)c(Cl)c(C(F)(F)F)n1. The lowest BCUT2D eigenvalue weighted by molar-refractivity contribution is -0.141. The van der Waals surface area contributed by atoms with Gasteiger partial charge in [0.1, 0.15) is 5.02 Å². The number of sulfone groups is 1. The van der Waals surface area contributed by atoms with Gasteiger partial charge in [-0.05, 0) is 6.42 Å². The molecule has 0 atom stereocenters. The number of hydrogen-bond donors (Lipinski definition) is 0. The minimum atomic E-state index is -4.83. The van der Waals surface area contributed by atoms with Crippen LogP contribution in [0.1, 0.15) is 12.1 Å². The summed E-state index contributed by atoms with van der Waals surface area (Å²) in [6, 6.07) is 0. The molecular formula is C9H9ClF3N3O2S. The quantitative estimate of drug-likeness (QED) is 0.778. The zero-order valence-corrected chi connectivity index (χ0v) is 11.3. The highest BCUT2D eigenvalue weighted by Crippen LogP contribution is 2.38. The summed E-state index contributed by atoms with van der Waals surface area (Å²) >= 11 is 5.64. The van der Waals surface area contributed by atoms with Gasteiger partial charge in [-0.1, -0.05) is 11.6 Å². The number of halogens is 4. The predicted molar refractivity (Wildman–Crippen MR) is 62.0 cm³/mol. The van der Waals surface area contributed by atoms with Crippen molar-refractivity contribution in [3.05, 3.63) is 10.7 Å². The summed E-state index contributed by atoms with van der Waals surface area (Å²) in [4.78, 5) is 8.15. The summed E-state index contributed by atoms with van der Waals surface area (Å²) in [7, 11) is -3.95. The van der Waals surface area contributed by atoms with E-state index in [4.69, 9.17) is 11.6 Å². The Labute approximate surface area is 112 Å². The monoisotopic (exact) mass is 315 g/mol. The summed E-state index contributed by atoms with van der Waals surface area (Å²) in [6.45, 7) is 0.967. The molecule has 0 saturated carbocycles. The van der Waals surface area contributed by atoms with Gasteiger partial charge in [0.25, 0.3) is 0 Å². The smallest absolute Gasteiger partial charge is 0.355 e. The van der Waals surface area contributed by atoms with Crippen LogP contribution in [0.5, 0.6) is 0 Å². The third-order valence-electron chi connectivity index (χ3n) is 2.57. The molecule has 1 aliphatic rings. The maximum atomic E-state index is 12.8. The van der Waals surface area contributed by atoms with Gasteiger partial charge in [0.2, 0.25) is 15.0 Å². The molecule has 0 spiro atoms. The van der Waals surface area contributed by atoms with Crippen LogP contribution in [0.25, 0.3) is 0 Å². The topological polar surface area (TPSA) is 63.2 Å². The average Bonchev–Trinajstić information content (AvgIpc) is 2.14. The van der Waals surface area contributed by atoms with Gasteiger partial charge in [-0.15, -0.1) is 0 Å². The lowest BCUT2D eigenvalue weighted by Gasteiger charge is -2.33. The first-order valence-electron chi connectivity index (χ1n) is 5.20. The second-order valence-electron chi connectivity index (χ2n) is 4.10. The summed E-state index contributed by atoms with van der Waals surface area (Å²) in [5.41, 5.74) is -1.42. The van der Waals surface area contributed by atoms with E-state index in [1.807, 2.05) is 0 Å². The second-order valence-corrected chi connectivity index (χ2v) is 6.39. The van der Waals surface area contributed by atoms with Gasteiger partial charge >= 0.3 is 6.18 Å². The number of hydrogen-bond acceptors (Lipinski definition) is 5. The Bertz CT molecular complexity index is 614. The molecule has 0 radical (unpaired) electrons. The molecule has 19 heavy (non-hydrogen) atoms. The van der Waals surface area contributed by atoms with Crippen molar-refractivity contribution in [3.8, 4) is 0 Å².